The van der Waals surface area contributed by atoms with Crippen LogP contribution in [0.25, 0.3) is 0 Å². The van der Waals surface area contributed by atoms with Crippen molar-refractivity contribution < 1.29 is 9.90 Å². The molecule has 3 rings (SSSR count). The molecule has 0 spiro atoms. The SMILES string of the molecule is C1CCNC1.CC.O=C(NCC1CC1)c1cccc(Cl)c1O. The predicted molar refractivity (Wildman–Crippen MR) is 91.6 cm³/mol. The summed E-state index contributed by atoms with van der Waals surface area (Å²) in [6.07, 6.45) is 5.14. The lowest BCUT2D eigenvalue weighted by Gasteiger charge is -2.06. The summed E-state index contributed by atoms with van der Waals surface area (Å²) in [5.41, 5.74) is 0.239. The van der Waals surface area contributed by atoms with Gasteiger partial charge >= 0.3 is 0 Å². The average Bonchev–Trinajstić information content (AvgIpc) is 3.17. The van der Waals surface area contributed by atoms with Gasteiger partial charge in [-0.05, 0) is 56.8 Å². The Balaban J connectivity index is 0.000000289. The maximum Gasteiger partial charge on any atom is 0.255 e. The second-order valence-corrected chi connectivity index (χ2v) is 5.65. The Bertz CT molecular complexity index is 450. The number of carbonyl (C=O) groups excluding carboxylic acids is 1. The van der Waals surface area contributed by atoms with Crippen molar-refractivity contribution >= 4 is 17.5 Å². The van der Waals surface area contributed by atoms with E-state index in [4.69, 9.17) is 11.6 Å². The number of aromatic hydroxyl groups is 1. The molecule has 1 aromatic carbocycles. The highest BCUT2D eigenvalue weighted by Crippen LogP contribution is 2.29. The predicted octanol–water partition coefficient (Wildman–Crippen LogP) is 3.58. The van der Waals surface area contributed by atoms with Crippen LogP contribution < -0.4 is 10.6 Å². The molecule has 0 aromatic heterocycles. The van der Waals surface area contributed by atoms with Crippen molar-refractivity contribution in [2.24, 2.45) is 5.92 Å². The second-order valence-electron chi connectivity index (χ2n) is 5.25. The molecular formula is C17H27ClN2O2. The summed E-state index contributed by atoms with van der Waals surface area (Å²) in [5.74, 6) is 0.213. The number of benzene rings is 1. The molecule has 2 fully saturated rings. The van der Waals surface area contributed by atoms with Gasteiger partial charge < -0.3 is 15.7 Å². The Kier molecular flexibility index (Phi) is 8.94. The van der Waals surface area contributed by atoms with Gasteiger partial charge in [0.2, 0.25) is 0 Å². The standard InChI is InChI=1S/C11H12ClNO2.C4H9N.C2H6/c12-9-3-1-2-8(10(9)14)11(15)13-6-7-4-5-7;1-2-4-5-3-1;1-2/h1-3,7,14H,4-6H2,(H,13,15);5H,1-4H2;1-2H3. The second kappa shape index (κ2) is 10.5. The number of amides is 1. The van der Waals surface area contributed by atoms with E-state index in [1.807, 2.05) is 13.8 Å². The van der Waals surface area contributed by atoms with E-state index < -0.39 is 0 Å². The fourth-order valence-electron chi connectivity index (χ4n) is 1.98. The average molecular weight is 327 g/mol. The summed E-state index contributed by atoms with van der Waals surface area (Å²) in [4.78, 5) is 11.6. The van der Waals surface area contributed by atoms with Gasteiger partial charge in [0.15, 0.2) is 0 Å². The van der Waals surface area contributed by atoms with E-state index >= 15 is 0 Å². The quantitative estimate of drug-likeness (QED) is 0.795. The molecule has 3 N–H and O–H groups in total. The minimum atomic E-state index is -0.262. The number of para-hydroxylation sites is 1. The fourth-order valence-corrected chi connectivity index (χ4v) is 2.15. The number of hydrogen-bond donors (Lipinski definition) is 3. The molecular weight excluding hydrogens is 300 g/mol. The highest BCUT2D eigenvalue weighted by Gasteiger charge is 2.22. The first kappa shape index (κ1) is 18.8. The van der Waals surface area contributed by atoms with Crippen LogP contribution in [-0.4, -0.2) is 30.6 Å². The molecule has 5 heteroatoms. The maximum absolute atomic E-state index is 11.6. The third kappa shape index (κ3) is 6.67. The Labute approximate surface area is 138 Å². The molecule has 1 saturated carbocycles. The van der Waals surface area contributed by atoms with Crippen molar-refractivity contribution in [3.05, 3.63) is 28.8 Å². The summed E-state index contributed by atoms with van der Waals surface area (Å²) in [7, 11) is 0. The molecule has 0 atom stereocenters. The molecule has 1 saturated heterocycles. The van der Waals surface area contributed by atoms with Crippen LogP contribution in [-0.2, 0) is 0 Å². The van der Waals surface area contributed by atoms with Gasteiger partial charge in [0, 0.05) is 6.54 Å². The number of phenols is 1. The van der Waals surface area contributed by atoms with Crippen LogP contribution in [0.4, 0.5) is 0 Å². The molecule has 1 aliphatic heterocycles. The first-order chi connectivity index (χ1) is 10.7. The minimum absolute atomic E-state index is 0.146. The van der Waals surface area contributed by atoms with Crippen molar-refractivity contribution in [2.75, 3.05) is 19.6 Å². The van der Waals surface area contributed by atoms with Gasteiger partial charge in [-0.25, -0.2) is 0 Å². The molecule has 0 bridgehead atoms. The Hall–Kier alpha value is -1.26. The summed E-state index contributed by atoms with van der Waals surface area (Å²) < 4.78 is 0. The molecule has 124 valence electrons. The number of hydrogen-bond acceptors (Lipinski definition) is 3. The fraction of sp³-hybridized carbons (Fsp3) is 0.588. The van der Waals surface area contributed by atoms with E-state index in [1.54, 1.807) is 18.2 Å². The van der Waals surface area contributed by atoms with Crippen molar-refractivity contribution in [2.45, 2.75) is 39.5 Å². The topological polar surface area (TPSA) is 61.4 Å². The molecule has 1 aliphatic carbocycles. The van der Waals surface area contributed by atoms with Gasteiger partial charge in [-0.15, -0.1) is 0 Å². The van der Waals surface area contributed by atoms with Gasteiger partial charge in [-0.2, -0.15) is 0 Å². The van der Waals surface area contributed by atoms with E-state index in [1.165, 1.54) is 38.8 Å². The number of phenolic OH excluding ortho intramolecular Hbond substituents is 1. The van der Waals surface area contributed by atoms with Crippen LogP contribution in [0.2, 0.25) is 5.02 Å². The van der Waals surface area contributed by atoms with Crippen molar-refractivity contribution in [1.29, 1.82) is 0 Å². The third-order valence-electron chi connectivity index (χ3n) is 3.44. The molecule has 0 unspecified atom stereocenters. The first-order valence-electron chi connectivity index (χ1n) is 8.15. The van der Waals surface area contributed by atoms with Crippen LogP contribution in [0.1, 0.15) is 49.9 Å². The highest BCUT2D eigenvalue weighted by molar-refractivity contribution is 6.32. The largest absolute Gasteiger partial charge is 0.506 e. The zero-order chi connectivity index (χ0) is 16.4. The van der Waals surface area contributed by atoms with E-state index in [0.29, 0.717) is 12.5 Å². The van der Waals surface area contributed by atoms with Crippen LogP contribution in [0.5, 0.6) is 5.75 Å². The lowest BCUT2D eigenvalue weighted by molar-refractivity contribution is 0.0949. The lowest BCUT2D eigenvalue weighted by Crippen LogP contribution is -2.25. The number of rotatable bonds is 3. The maximum atomic E-state index is 11.6. The highest BCUT2D eigenvalue weighted by atomic mass is 35.5. The van der Waals surface area contributed by atoms with Crippen molar-refractivity contribution in [1.82, 2.24) is 10.6 Å². The summed E-state index contributed by atoms with van der Waals surface area (Å²) >= 11 is 5.70. The monoisotopic (exact) mass is 326 g/mol. The van der Waals surface area contributed by atoms with Crippen LogP contribution in [0.15, 0.2) is 18.2 Å². The Morgan fingerprint density at radius 3 is 2.45 bits per heavy atom. The number of nitrogens with one attached hydrogen (secondary N) is 2. The molecule has 0 radical (unpaired) electrons. The number of carbonyl (C=O) groups is 1. The normalized spacial score (nSPS) is 16.0. The zero-order valence-corrected chi connectivity index (χ0v) is 14.2. The van der Waals surface area contributed by atoms with Gasteiger partial charge in [0.25, 0.3) is 5.91 Å². The Morgan fingerprint density at radius 2 is 1.95 bits per heavy atom. The first-order valence-corrected chi connectivity index (χ1v) is 8.52. The van der Waals surface area contributed by atoms with E-state index in [0.717, 1.165) is 0 Å². The van der Waals surface area contributed by atoms with Gasteiger partial charge in [0.05, 0.1) is 10.6 Å². The van der Waals surface area contributed by atoms with E-state index in [2.05, 4.69) is 10.6 Å². The zero-order valence-electron chi connectivity index (χ0n) is 13.5. The van der Waals surface area contributed by atoms with Crippen LogP contribution >= 0.6 is 11.6 Å². The lowest BCUT2D eigenvalue weighted by atomic mass is 10.2. The van der Waals surface area contributed by atoms with Crippen molar-refractivity contribution in [3.63, 3.8) is 0 Å². The third-order valence-corrected chi connectivity index (χ3v) is 3.74. The van der Waals surface area contributed by atoms with E-state index in [9.17, 15) is 9.90 Å². The van der Waals surface area contributed by atoms with Crippen LogP contribution in [0, 0.1) is 5.92 Å². The van der Waals surface area contributed by atoms with E-state index in [-0.39, 0.29) is 22.2 Å². The summed E-state index contributed by atoms with van der Waals surface area (Å²) in [6, 6.07) is 4.76. The number of halogens is 1. The van der Waals surface area contributed by atoms with Gasteiger partial charge in [-0.1, -0.05) is 31.5 Å². The summed E-state index contributed by atoms with van der Waals surface area (Å²) in [5, 5.41) is 15.8. The summed E-state index contributed by atoms with van der Waals surface area (Å²) in [6.45, 7) is 7.19. The Morgan fingerprint density at radius 1 is 1.32 bits per heavy atom. The van der Waals surface area contributed by atoms with Crippen molar-refractivity contribution in [3.8, 4) is 5.75 Å². The van der Waals surface area contributed by atoms with Gasteiger partial charge in [-0.3, -0.25) is 4.79 Å². The molecule has 1 aromatic rings. The minimum Gasteiger partial charge on any atom is -0.506 e. The molecule has 4 nitrogen and oxygen atoms in total. The molecule has 1 heterocycles. The van der Waals surface area contributed by atoms with Gasteiger partial charge in [0.1, 0.15) is 5.75 Å². The molecule has 22 heavy (non-hydrogen) atoms. The molecule has 1 amide bonds. The van der Waals surface area contributed by atoms with Crippen LogP contribution in [0.3, 0.4) is 0 Å². The molecule has 2 aliphatic rings. The smallest absolute Gasteiger partial charge is 0.255 e.